The summed E-state index contributed by atoms with van der Waals surface area (Å²) in [6, 6.07) is 10.4. The number of hydrogen-bond donors (Lipinski definition) is 0. The Balaban J connectivity index is 1.25. The van der Waals surface area contributed by atoms with Crippen LogP contribution >= 0.6 is 11.6 Å². The van der Waals surface area contributed by atoms with Crippen LogP contribution in [-0.2, 0) is 0 Å². The van der Waals surface area contributed by atoms with Crippen molar-refractivity contribution in [3.63, 3.8) is 0 Å². The maximum atomic E-state index is 6.97. The van der Waals surface area contributed by atoms with Gasteiger partial charge in [0, 0.05) is 29.2 Å². The van der Waals surface area contributed by atoms with Crippen molar-refractivity contribution >= 4 is 17.2 Å². The van der Waals surface area contributed by atoms with Crippen molar-refractivity contribution in [3.05, 3.63) is 82.4 Å². The Morgan fingerprint density at radius 3 is 1.95 bits per heavy atom. The highest BCUT2D eigenvalue weighted by Gasteiger charge is 2.34. The molecule has 3 saturated carbocycles. The fraction of sp³-hybridized carbons (Fsp3) is 0.541. The molecule has 5 nitrogen and oxygen atoms in total. The highest BCUT2D eigenvalue weighted by atomic mass is 35.5. The minimum absolute atomic E-state index is 0.275. The van der Waals surface area contributed by atoms with Crippen molar-refractivity contribution in [2.75, 3.05) is 0 Å². The average Bonchev–Trinajstić information content (AvgIpc) is 3.09. The molecule has 0 amide bonds. The van der Waals surface area contributed by atoms with E-state index in [2.05, 4.69) is 42.5 Å². The van der Waals surface area contributed by atoms with Crippen molar-refractivity contribution in [1.82, 2.24) is 24.9 Å². The molecule has 2 atom stereocenters. The summed E-state index contributed by atoms with van der Waals surface area (Å²) in [7, 11) is 0. The lowest BCUT2D eigenvalue weighted by Gasteiger charge is -2.32. The fourth-order valence-corrected chi connectivity index (χ4v) is 8.25. The number of rotatable bonds is 6. The summed E-state index contributed by atoms with van der Waals surface area (Å²) in [5.41, 5.74) is 5.78. The summed E-state index contributed by atoms with van der Waals surface area (Å²) in [4.78, 5) is 26.0. The number of hydrogen-bond acceptors (Lipinski definition) is 5. The molecule has 224 valence electrons. The Hall–Kier alpha value is -2.92. The monoisotopic (exact) mass is 593 g/mol. The van der Waals surface area contributed by atoms with E-state index in [9.17, 15) is 0 Å². The predicted octanol–water partition coefficient (Wildman–Crippen LogP) is 10.3. The van der Waals surface area contributed by atoms with Crippen molar-refractivity contribution in [3.8, 4) is 11.4 Å². The maximum absolute atomic E-state index is 6.97. The third-order valence-electron chi connectivity index (χ3n) is 10.3. The first kappa shape index (κ1) is 28.8. The molecule has 3 aromatic rings. The molecule has 2 aromatic heterocycles. The smallest absolute Gasteiger partial charge is 0.163 e. The Kier molecular flexibility index (Phi) is 8.97. The van der Waals surface area contributed by atoms with Crippen LogP contribution in [0.1, 0.15) is 155 Å². The van der Waals surface area contributed by atoms with Gasteiger partial charge in [0.25, 0.3) is 0 Å². The van der Waals surface area contributed by atoms with Crippen LogP contribution in [-0.4, -0.2) is 24.9 Å². The van der Waals surface area contributed by atoms with E-state index < -0.39 is 0 Å². The van der Waals surface area contributed by atoms with Crippen molar-refractivity contribution in [1.29, 1.82) is 0 Å². The standard InChI is InChI=1S/C37H44ClN5/c38-34-33(26-16-7-2-8-17-26)39-32(31(40-34)25-14-5-1-6-15-25)29-22-13-23-30(24-29)37-42-35(27-18-9-3-10-19-27)41-36(43-37)28-20-11-4-12-21-28/h3-4,9-11,18-20,25-26,29-30H,1-2,5-8,12-17,21-24H2/t29-,30?/m0/s1. The van der Waals surface area contributed by atoms with Crippen LogP contribution in [0.2, 0.25) is 5.15 Å². The number of benzene rings is 1. The van der Waals surface area contributed by atoms with Crippen molar-refractivity contribution in [2.45, 2.75) is 126 Å². The molecule has 0 radical (unpaired) electrons. The van der Waals surface area contributed by atoms with Crippen LogP contribution < -0.4 is 0 Å². The summed E-state index contributed by atoms with van der Waals surface area (Å²) in [6.07, 6.45) is 25.5. The Labute approximate surface area is 261 Å². The molecule has 43 heavy (non-hydrogen) atoms. The van der Waals surface area contributed by atoms with Crippen LogP contribution in [0.25, 0.3) is 17.0 Å². The average molecular weight is 594 g/mol. The SMILES string of the molecule is Clc1nc(C2CCCCC2)c([C@H]2CCCC(c3nc(C4=CC=CCC4)nc(-c4ccccc4)n3)C2)nc1C1CCCCC1. The molecule has 0 bridgehead atoms. The molecule has 0 spiro atoms. The van der Waals surface area contributed by atoms with Gasteiger partial charge in [0.05, 0.1) is 17.1 Å². The Morgan fingerprint density at radius 1 is 0.581 bits per heavy atom. The topological polar surface area (TPSA) is 64.5 Å². The molecule has 0 N–H and O–H groups in total. The van der Waals surface area contributed by atoms with Crippen LogP contribution in [0.15, 0.2) is 48.6 Å². The van der Waals surface area contributed by atoms with Crippen LogP contribution in [0.3, 0.4) is 0 Å². The normalized spacial score (nSPS) is 23.7. The second-order valence-corrected chi connectivity index (χ2v) is 13.6. The van der Waals surface area contributed by atoms with E-state index in [0.29, 0.717) is 22.9 Å². The van der Waals surface area contributed by atoms with Crippen LogP contribution in [0, 0.1) is 0 Å². The highest BCUT2D eigenvalue weighted by molar-refractivity contribution is 6.30. The molecule has 1 aromatic carbocycles. The molecule has 0 aliphatic heterocycles. The number of nitrogens with zero attached hydrogens (tertiary/aromatic N) is 5. The van der Waals surface area contributed by atoms with Gasteiger partial charge in [-0.3, -0.25) is 4.98 Å². The first-order valence-electron chi connectivity index (χ1n) is 17.0. The Bertz CT molecular complexity index is 1470. The molecular weight excluding hydrogens is 550 g/mol. The van der Waals surface area contributed by atoms with E-state index in [1.54, 1.807) is 0 Å². The van der Waals surface area contributed by atoms with E-state index >= 15 is 0 Å². The van der Waals surface area contributed by atoms with Gasteiger partial charge in [-0.2, -0.15) is 0 Å². The minimum atomic E-state index is 0.275. The number of allylic oxidation sites excluding steroid dienone is 4. The summed E-state index contributed by atoms with van der Waals surface area (Å²) < 4.78 is 0. The van der Waals surface area contributed by atoms with Crippen molar-refractivity contribution in [2.24, 2.45) is 0 Å². The molecular formula is C37H44ClN5. The third kappa shape index (κ3) is 6.48. The fourth-order valence-electron chi connectivity index (χ4n) is 7.96. The largest absolute Gasteiger partial charge is 0.252 e. The zero-order chi connectivity index (χ0) is 29.0. The quantitative estimate of drug-likeness (QED) is 0.284. The van der Waals surface area contributed by atoms with Gasteiger partial charge in [-0.05, 0) is 63.4 Å². The molecule has 7 rings (SSSR count). The van der Waals surface area contributed by atoms with Gasteiger partial charge >= 0.3 is 0 Å². The second kappa shape index (κ2) is 13.4. The lowest BCUT2D eigenvalue weighted by Crippen LogP contribution is -2.22. The minimum Gasteiger partial charge on any atom is -0.252 e. The molecule has 4 aliphatic rings. The third-order valence-corrected chi connectivity index (χ3v) is 10.6. The van der Waals surface area contributed by atoms with Gasteiger partial charge in [-0.15, -0.1) is 0 Å². The van der Waals surface area contributed by atoms with E-state index in [0.717, 1.165) is 67.3 Å². The second-order valence-electron chi connectivity index (χ2n) is 13.3. The van der Waals surface area contributed by atoms with Crippen LogP contribution in [0.4, 0.5) is 0 Å². The van der Waals surface area contributed by atoms with Gasteiger partial charge in [0.2, 0.25) is 0 Å². The first-order chi connectivity index (χ1) is 21.2. The zero-order valence-corrected chi connectivity index (χ0v) is 26.1. The van der Waals surface area contributed by atoms with E-state index in [1.165, 1.54) is 81.2 Å². The van der Waals surface area contributed by atoms with Gasteiger partial charge in [-0.1, -0.05) is 105 Å². The highest BCUT2D eigenvalue weighted by Crippen LogP contribution is 2.45. The molecule has 6 heteroatoms. The van der Waals surface area contributed by atoms with Gasteiger partial charge in [0.15, 0.2) is 16.8 Å². The van der Waals surface area contributed by atoms with Crippen LogP contribution in [0.5, 0.6) is 0 Å². The summed E-state index contributed by atoms with van der Waals surface area (Å²) in [6.45, 7) is 0. The van der Waals surface area contributed by atoms with Crippen molar-refractivity contribution < 1.29 is 0 Å². The molecule has 1 unspecified atom stereocenters. The summed E-state index contributed by atoms with van der Waals surface area (Å²) in [5.74, 6) is 4.13. The molecule has 4 aliphatic carbocycles. The molecule has 3 fully saturated rings. The Morgan fingerprint density at radius 2 is 1.23 bits per heavy atom. The summed E-state index contributed by atoms with van der Waals surface area (Å²) in [5, 5.41) is 0.674. The van der Waals surface area contributed by atoms with Gasteiger partial charge in [0.1, 0.15) is 5.82 Å². The zero-order valence-electron chi connectivity index (χ0n) is 25.4. The number of halogens is 1. The first-order valence-corrected chi connectivity index (χ1v) is 17.4. The lowest BCUT2D eigenvalue weighted by molar-refractivity contribution is 0.363. The van der Waals surface area contributed by atoms with E-state index in [-0.39, 0.29) is 5.92 Å². The van der Waals surface area contributed by atoms with Gasteiger partial charge < -0.3 is 0 Å². The maximum Gasteiger partial charge on any atom is 0.163 e. The molecule has 2 heterocycles. The predicted molar refractivity (Wildman–Crippen MR) is 174 cm³/mol. The van der Waals surface area contributed by atoms with E-state index in [4.69, 9.17) is 36.5 Å². The summed E-state index contributed by atoms with van der Waals surface area (Å²) >= 11 is 6.97. The number of aromatic nitrogens is 5. The molecule has 0 saturated heterocycles. The van der Waals surface area contributed by atoms with Gasteiger partial charge in [-0.25, -0.2) is 19.9 Å². The van der Waals surface area contributed by atoms with E-state index in [1.807, 2.05) is 6.07 Å². The lowest BCUT2D eigenvalue weighted by atomic mass is 9.76.